The minimum atomic E-state index is -0.475. The van der Waals surface area contributed by atoms with Crippen molar-refractivity contribution >= 4 is 11.6 Å². The molecule has 1 atom stereocenters. The first-order chi connectivity index (χ1) is 8.15. The Labute approximate surface area is 105 Å². The van der Waals surface area contributed by atoms with Crippen LogP contribution in [0.1, 0.15) is 18.6 Å². The van der Waals surface area contributed by atoms with E-state index in [9.17, 15) is 5.11 Å². The molecule has 0 amide bonds. The van der Waals surface area contributed by atoms with Gasteiger partial charge >= 0.3 is 0 Å². The molecule has 88 valence electrons. The van der Waals surface area contributed by atoms with E-state index in [1.807, 2.05) is 12.1 Å². The Morgan fingerprint density at radius 1 is 1.18 bits per heavy atom. The molecule has 4 heteroatoms. The fourth-order valence-electron chi connectivity index (χ4n) is 1.40. The number of ether oxygens (including phenoxy) is 1. The number of aromatic nitrogens is 1. The Hall–Kier alpha value is -1.58. The summed E-state index contributed by atoms with van der Waals surface area (Å²) in [5, 5.41) is 9.90. The van der Waals surface area contributed by atoms with Crippen LogP contribution in [0.5, 0.6) is 11.5 Å². The minimum Gasteiger partial charge on any atom is -0.456 e. The van der Waals surface area contributed by atoms with Crippen LogP contribution in [0.25, 0.3) is 0 Å². The van der Waals surface area contributed by atoms with Crippen molar-refractivity contribution in [3.8, 4) is 11.5 Å². The predicted molar refractivity (Wildman–Crippen MR) is 66.4 cm³/mol. The number of hydrogen-bond acceptors (Lipinski definition) is 3. The van der Waals surface area contributed by atoms with Crippen molar-refractivity contribution in [1.29, 1.82) is 0 Å². The summed E-state index contributed by atoms with van der Waals surface area (Å²) in [4.78, 5) is 3.93. The summed E-state index contributed by atoms with van der Waals surface area (Å²) in [5.74, 6) is 1.26. The second kappa shape index (κ2) is 5.17. The highest BCUT2D eigenvalue weighted by Crippen LogP contribution is 2.24. The first kappa shape index (κ1) is 11.9. The second-order valence-corrected chi connectivity index (χ2v) is 4.12. The van der Waals surface area contributed by atoms with Crippen LogP contribution in [-0.4, -0.2) is 10.1 Å². The van der Waals surface area contributed by atoms with Crippen LogP contribution in [0.3, 0.4) is 0 Å². The number of halogens is 1. The Kier molecular flexibility index (Phi) is 3.61. The van der Waals surface area contributed by atoms with E-state index < -0.39 is 6.10 Å². The van der Waals surface area contributed by atoms with Crippen molar-refractivity contribution in [3.05, 3.63) is 53.3 Å². The molecule has 0 bridgehead atoms. The van der Waals surface area contributed by atoms with Crippen LogP contribution in [0, 0.1) is 0 Å². The molecule has 1 heterocycles. The van der Waals surface area contributed by atoms with Crippen molar-refractivity contribution in [2.75, 3.05) is 0 Å². The molecule has 2 aromatic rings. The summed E-state index contributed by atoms with van der Waals surface area (Å²) < 4.78 is 5.57. The fourth-order valence-corrected chi connectivity index (χ4v) is 1.56. The summed E-state index contributed by atoms with van der Waals surface area (Å²) in [6.07, 6.45) is 2.66. The van der Waals surface area contributed by atoms with Crippen LogP contribution in [0.15, 0.2) is 42.7 Å². The van der Waals surface area contributed by atoms with Gasteiger partial charge in [-0.1, -0.05) is 23.7 Å². The molecule has 0 radical (unpaired) electrons. The van der Waals surface area contributed by atoms with Crippen molar-refractivity contribution in [3.63, 3.8) is 0 Å². The van der Waals surface area contributed by atoms with Crippen molar-refractivity contribution in [1.82, 2.24) is 4.98 Å². The number of aliphatic hydroxyl groups is 1. The molecule has 0 aliphatic carbocycles. The lowest BCUT2D eigenvalue weighted by atomic mass is 10.1. The Morgan fingerprint density at radius 2 is 1.88 bits per heavy atom. The van der Waals surface area contributed by atoms with Crippen LogP contribution in [-0.2, 0) is 0 Å². The van der Waals surface area contributed by atoms with Gasteiger partial charge in [-0.25, -0.2) is 0 Å². The number of rotatable bonds is 3. The molecule has 0 saturated heterocycles. The summed E-state index contributed by atoms with van der Waals surface area (Å²) >= 11 is 5.80. The third kappa shape index (κ3) is 3.19. The SMILES string of the molecule is C[C@@H](O)c1ccc(Oc2cncc(Cl)c2)cc1. The lowest BCUT2D eigenvalue weighted by Crippen LogP contribution is -1.91. The van der Waals surface area contributed by atoms with E-state index in [4.69, 9.17) is 16.3 Å². The highest BCUT2D eigenvalue weighted by atomic mass is 35.5. The van der Waals surface area contributed by atoms with E-state index in [0.717, 1.165) is 5.56 Å². The number of pyridine rings is 1. The normalized spacial score (nSPS) is 12.2. The zero-order chi connectivity index (χ0) is 12.3. The highest BCUT2D eigenvalue weighted by molar-refractivity contribution is 6.30. The van der Waals surface area contributed by atoms with Crippen LogP contribution < -0.4 is 4.74 Å². The predicted octanol–water partition coefficient (Wildman–Crippen LogP) is 3.58. The molecule has 1 N–H and O–H groups in total. The monoisotopic (exact) mass is 249 g/mol. The van der Waals surface area contributed by atoms with Crippen LogP contribution in [0.2, 0.25) is 5.02 Å². The molecule has 2 rings (SSSR count). The van der Waals surface area contributed by atoms with Gasteiger partial charge in [0.2, 0.25) is 0 Å². The smallest absolute Gasteiger partial charge is 0.147 e. The van der Waals surface area contributed by atoms with E-state index in [1.54, 1.807) is 37.5 Å². The zero-order valence-electron chi connectivity index (χ0n) is 9.30. The molecule has 1 aromatic heterocycles. The average molecular weight is 250 g/mol. The third-order valence-electron chi connectivity index (χ3n) is 2.28. The molecule has 1 aromatic carbocycles. The summed E-state index contributed by atoms with van der Waals surface area (Å²) in [5.41, 5.74) is 0.849. The quantitative estimate of drug-likeness (QED) is 0.904. The summed E-state index contributed by atoms with van der Waals surface area (Å²) in [7, 11) is 0. The second-order valence-electron chi connectivity index (χ2n) is 3.69. The van der Waals surface area contributed by atoms with Gasteiger partial charge in [-0.3, -0.25) is 4.98 Å². The van der Waals surface area contributed by atoms with E-state index in [1.165, 1.54) is 0 Å². The first-order valence-electron chi connectivity index (χ1n) is 5.21. The topological polar surface area (TPSA) is 42.4 Å². The lowest BCUT2D eigenvalue weighted by molar-refractivity contribution is 0.199. The van der Waals surface area contributed by atoms with Gasteiger partial charge in [0.05, 0.1) is 17.3 Å². The lowest BCUT2D eigenvalue weighted by Gasteiger charge is -2.08. The standard InChI is InChI=1S/C13H12ClNO2/c1-9(16)10-2-4-12(5-3-10)17-13-6-11(14)7-15-8-13/h2-9,16H,1H3/t9-/m1/s1. The molecule has 0 spiro atoms. The van der Waals surface area contributed by atoms with Gasteiger partial charge in [0.15, 0.2) is 0 Å². The molecule has 3 nitrogen and oxygen atoms in total. The van der Waals surface area contributed by atoms with Gasteiger partial charge in [0, 0.05) is 12.3 Å². The van der Waals surface area contributed by atoms with Crippen molar-refractivity contribution < 1.29 is 9.84 Å². The number of nitrogens with zero attached hydrogens (tertiary/aromatic N) is 1. The maximum Gasteiger partial charge on any atom is 0.147 e. The molecule has 0 fully saturated rings. The largest absolute Gasteiger partial charge is 0.456 e. The Morgan fingerprint density at radius 3 is 2.47 bits per heavy atom. The minimum absolute atomic E-state index is 0.475. The molecule has 0 unspecified atom stereocenters. The summed E-state index contributed by atoms with van der Waals surface area (Å²) in [6, 6.07) is 8.92. The fraction of sp³-hybridized carbons (Fsp3) is 0.154. The van der Waals surface area contributed by atoms with E-state index in [0.29, 0.717) is 16.5 Å². The molecular formula is C13H12ClNO2. The number of aliphatic hydroxyl groups excluding tert-OH is 1. The number of hydrogen-bond donors (Lipinski definition) is 1. The van der Waals surface area contributed by atoms with Gasteiger partial charge in [-0.05, 0) is 24.6 Å². The van der Waals surface area contributed by atoms with Gasteiger partial charge in [-0.2, -0.15) is 0 Å². The molecule has 0 aliphatic heterocycles. The molecule has 17 heavy (non-hydrogen) atoms. The van der Waals surface area contributed by atoms with Gasteiger partial charge in [-0.15, -0.1) is 0 Å². The molecule has 0 aliphatic rings. The highest BCUT2D eigenvalue weighted by Gasteiger charge is 2.02. The first-order valence-corrected chi connectivity index (χ1v) is 5.59. The number of benzene rings is 1. The van der Waals surface area contributed by atoms with Gasteiger partial charge in [0.25, 0.3) is 0 Å². The Balaban J connectivity index is 2.14. The van der Waals surface area contributed by atoms with Gasteiger partial charge in [0.1, 0.15) is 11.5 Å². The van der Waals surface area contributed by atoms with E-state index in [2.05, 4.69) is 4.98 Å². The zero-order valence-corrected chi connectivity index (χ0v) is 10.1. The van der Waals surface area contributed by atoms with Crippen molar-refractivity contribution in [2.24, 2.45) is 0 Å². The van der Waals surface area contributed by atoms with E-state index >= 15 is 0 Å². The molecular weight excluding hydrogens is 238 g/mol. The van der Waals surface area contributed by atoms with E-state index in [-0.39, 0.29) is 0 Å². The maximum absolute atomic E-state index is 9.37. The molecule has 0 saturated carbocycles. The van der Waals surface area contributed by atoms with Gasteiger partial charge < -0.3 is 9.84 Å². The average Bonchev–Trinajstić information content (AvgIpc) is 2.29. The summed E-state index contributed by atoms with van der Waals surface area (Å²) in [6.45, 7) is 1.72. The Bertz CT molecular complexity index is 497. The van der Waals surface area contributed by atoms with Crippen LogP contribution >= 0.6 is 11.6 Å². The van der Waals surface area contributed by atoms with Crippen LogP contribution in [0.4, 0.5) is 0 Å². The third-order valence-corrected chi connectivity index (χ3v) is 2.48. The van der Waals surface area contributed by atoms with Crippen molar-refractivity contribution in [2.45, 2.75) is 13.0 Å². The maximum atomic E-state index is 9.37.